The maximum Gasteiger partial charge on any atom is 0.249 e. The van der Waals surface area contributed by atoms with E-state index in [2.05, 4.69) is 10.6 Å². The van der Waals surface area contributed by atoms with Gasteiger partial charge in [-0.2, -0.15) is 4.31 Å². The van der Waals surface area contributed by atoms with Crippen molar-refractivity contribution in [1.82, 2.24) is 14.9 Å². The molecule has 1 aliphatic heterocycles. The Hall–Kier alpha value is -1.30. The number of piperidine rings is 1. The molecule has 2 N–H and O–H groups in total. The van der Waals surface area contributed by atoms with E-state index in [0.29, 0.717) is 19.4 Å². The van der Waals surface area contributed by atoms with Crippen LogP contribution in [0.3, 0.4) is 0 Å². The Morgan fingerprint density at radius 1 is 0.676 bits per heavy atom. The van der Waals surface area contributed by atoms with Crippen molar-refractivity contribution in [3.8, 4) is 0 Å². The van der Waals surface area contributed by atoms with Crippen molar-refractivity contribution in [2.45, 2.75) is 62.7 Å². The topological polar surface area (TPSA) is 61.4 Å². The standard InChI is InChI=1S/C23H34F5N3O2S/c24-18-19(25)21(27)23(22(28)20(18)26)34(32,33)31-12-8-17(9-13-31)15-30-11-5-4-10-29-14-16-6-2-1-3-7-16/h16-17,29-30H,1-15H2. The zero-order valence-electron chi connectivity index (χ0n) is 19.3. The molecule has 1 heterocycles. The first-order valence-corrected chi connectivity index (χ1v) is 13.6. The van der Waals surface area contributed by atoms with Crippen LogP contribution < -0.4 is 10.6 Å². The van der Waals surface area contributed by atoms with Gasteiger partial charge in [0.05, 0.1) is 0 Å². The number of hydrogen-bond acceptors (Lipinski definition) is 4. The minimum Gasteiger partial charge on any atom is -0.316 e. The van der Waals surface area contributed by atoms with Crippen molar-refractivity contribution in [1.29, 1.82) is 0 Å². The lowest BCUT2D eigenvalue weighted by molar-refractivity contribution is 0.264. The van der Waals surface area contributed by atoms with Gasteiger partial charge in [-0.1, -0.05) is 19.3 Å². The Labute approximate surface area is 198 Å². The first-order chi connectivity index (χ1) is 16.2. The highest BCUT2D eigenvalue weighted by atomic mass is 32.2. The van der Waals surface area contributed by atoms with Gasteiger partial charge in [0.15, 0.2) is 28.2 Å². The number of benzene rings is 1. The summed E-state index contributed by atoms with van der Waals surface area (Å²) in [6.07, 6.45) is 9.67. The van der Waals surface area contributed by atoms with E-state index in [1.807, 2.05) is 0 Å². The highest BCUT2D eigenvalue weighted by Gasteiger charge is 2.38. The van der Waals surface area contributed by atoms with E-state index >= 15 is 0 Å². The van der Waals surface area contributed by atoms with E-state index < -0.39 is 44.0 Å². The Morgan fingerprint density at radius 2 is 1.12 bits per heavy atom. The summed E-state index contributed by atoms with van der Waals surface area (Å²) in [4.78, 5) is -1.78. The molecule has 0 atom stereocenters. The predicted octanol–water partition coefficient (Wildman–Crippen LogP) is 4.32. The van der Waals surface area contributed by atoms with Crippen molar-refractivity contribution in [3.05, 3.63) is 29.1 Å². The lowest BCUT2D eigenvalue weighted by atomic mass is 9.89. The average molecular weight is 512 g/mol. The summed E-state index contributed by atoms with van der Waals surface area (Å²) in [5.74, 6) is -10.6. The normalized spacial score (nSPS) is 19.1. The summed E-state index contributed by atoms with van der Waals surface area (Å²) >= 11 is 0. The fourth-order valence-corrected chi connectivity index (χ4v) is 6.38. The summed E-state index contributed by atoms with van der Waals surface area (Å²) in [7, 11) is -4.85. The van der Waals surface area contributed by atoms with Crippen molar-refractivity contribution in [3.63, 3.8) is 0 Å². The second-order valence-corrected chi connectivity index (χ2v) is 11.2. The van der Waals surface area contributed by atoms with Crippen LogP contribution in [-0.4, -0.2) is 52.0 Å². The molecule has 11 heteroatoms. The third-order valence-corrected chi connectivity index (χ3v) is 8.81. The molecule has 1 saturated carbocycles. The van der Waals surface area contributed by atoms with Gasteiger partial charge in [0.25, 0.3) is 0 Å². The van der Waals surface area contributed by atoms with E-state index in [-0.39, 0.29) is 19.0 Å². The Morgan fingerprint density at radius 3 is 1.62 bits per heavy atom. The number of sulfonamides is 1. The monoisotopic (exact) mass is 511 g/mol. The molecule has 194 valence electrons. The predicted molar refractivity (Wildman–Crippen MR) is 119 cm³/mol. The van der Waals surface area contributed by atoms with Crippen molar-refractivity contribution in [2.24, 2.45) is 11.8 Å². The number of hydrogen-bond donors (Lipinski definition) is 2. The Kier molecular flexibility index (Phi) is 10.1. The lowest BCUT2D eigenvalue weighted by Gasteiger charge is -2.31. The molecular weight excluding hydrogens is 477 g/mol. The van der Waals surface area contributed by atoms with Crippen LogP contribution in [0.5, 0.6) is 0 Å². The molecule has 0 aromatic heterocycles. The molecule has 0 spiro atoms. The zero-order chi connectivity index (χ0) is 24.7. The van der Waals surface area contributed by atoms with Gasteiger partial charge in [0.1, 0.15) is 0 Å². The molecule has 2 fully saturated rings. The molecule has 0 radical (unpaired) electrons. The fraction of sp³-hybridized carbons (Fsp3) is 0.739. The van der Waals surface area contributed by atoms with Gasteiger partial charge in [0, 0.05) is 13.1 Å². The van der Waals surface area contributed by atoms with Crippen LogP contribution in [0, 0.1) is 40.9 Å². The maximum atomic E-state index is 14.0. The molecule has 1 aromatic carbocycles. The van der Waals surface area contributed by atoms with Crippen LogP contribution in [0.2, 0.25) is 0 Å². The van der Waals surface area contributed by atoms with Crippen LogP contribution in [0.15, 0.2) is 4.90 Å². The van der Waals surface area contributed by atoms with Gasteiger partial charge in [0.2, 0.25) is 15.8 Å². The third-order valence-electron chi connectivity index (χ3n) is 6.89. The SMILES string of the molecule is O=S(=O)(c1c(F)c(F)c(F)c(F)c1F)N1CCC(CNCCCCNCC2CCCCC2)CC1. The van der Waals surface area contributed by atoms with Gasteiger partial charge in [-0.15, -0.1) is 0 Å². The second-order valence-electron chi connectivity index (χ2n) is 9.37. The van der Waals surface area contributed by atoms with Crippen LogP contribution in [0.1, 0.15) is 57.8 Å². The number of halogens is 5. The van der Waals surface area contributed by atoms with Gasteiger partial charge >= 0.3 is 0 Å². The summed E-state index contributed by atoms with van der Waals surface area (Å²) in [5.41, 5.74) is 0. The summed E-state index contributed by atoms with van der Waals surface area (Å²) < 4.78 is 94.2. The van der Waals surface area contributed by atoms with Gasteiger partial charge in [-0.3, -0.25) is 0 Å². The van der Waals surface area contributed by atoms with Crippen LogP contribution in [-0.2, 0) is 10.0 Å². The van der Waals surface area contributed by atoms with Crippen molar-refractivity contribution in [2.75, 3.05) is 39.3 Å². The molecule has 0 amide bonds. The average Bonchev–Trinajstić information content (AvgIpc) is 2.84. The van der Waals surface area contributed by atoms with Crippen LogP contribution in [0.4, 0.5) is 22.0 Å². The minimum atomic E-state index is -4.85. The smallest absolute Gasteiger partial charge is 0.249 e. The molecule has 1 saturated heterocycles. The molecule has 0 bridgehead atoms. The molecule has 34 heavy (non-hydrogen) atoms. The summed E-state index contributed by atoms with van der Waals surface area (Å²) in [5, 5.41) is 6.90. The summed E-state index contributed by atoms with van der Waals surface area (Å²) in [6.45, 7) is 3.53. The highest BCUT2D eigenvalue weighted by Crippen LogP contribution is 2.31. The molecule has 1 aromatic rings. The van der Waals surface area contributed by atoms with Crippen LogP contribution >= 0.6 is 0 Å². The van der Waals surface area contributed by atoms with E-state index in [9.17, 15) is 30.4 Å². The number of nitrogens with zero attached hydrogens (tertiary/aromatic N) is 1. The maximum absolute atomic E-state index is 14.0. The molecule has 0 unspecified atom stereocenters. The van der Waals surface area contributed by atoms with Crippen LogP contribution in [0.25, 0.3) is 0 Å². The van der Waals surface area contributed by atoms with E-state index in [0.717, 1.165) is 42.7 Å². The van der Waals surface area contributed by atoms with E-state index in [4.69, 9.17) is 0 Å². The van der Waals surface area contributed by atoms with Crippen molar-refractivity contribution < 1.29 is 30.4 Å². The van der Waals surface area contributed by atoms with E-state index in [1.165, 1.54) is 32.1 Å². The first kappa shape index (κ1) is 27.3. The zero-order valence-corrected chi connectivity index (χ0v) is 20.1. The van der Waals surface area contributed by atoms with Gasteiger partial charge in [-0.25, -0.2) is 30.4 Å². The van der Waals surface area contributed by atoms with E-state index in [1.54, 1.807) is 0 Å². The number of unbranched alkanes of at least 4 members (excludes halogenated alkanes) is 1. The quantitative estimate of drug-likeness (QED) is 0.201. The van der Waals surface area contributed by atoms with Crippen molar-refractivity contribution >= 4 is 10.0 Å². The lowest BCUT2D eigenvalue weighted by Crippen LogP contribution is -2.41. The third kappa shape index (κ3) is 6.67. The highest BCUT2D eigenvalue weighted by molar-refractivity contribution is 7.89. The summed E-state index contributed by atoms with van der Waals surface area (Å²) in [6, 6.07) is 0. The largest absolute Gasteiger partial charge is 0.316 e. The number of nitrogens with one attached hydrogen (secondary N) is 2. The first-order valence-electron chi connectivity index (χ1n) is 12.2. The molecular formula is C23H34F5N3O2S. The Balaban J connectivity index is 1.36. The molecule has 5 nitrogen and oxygen atoms in total. The molecule has 1 aliphatic carbocycles. The van der Waals surface area contributed by atoms with Gasteiger partial charge < -0.3 is 10.6 Å². The number of rotatable bonds is 11. The fourth-order valence-electron chi connectivity index (χ4n) is 4.80. The minimum absolute atomic E-state index is 0.0424. The Bertz CT molecular complexity index is 889. The van der Waals surface area contributed by atoms with Gasteiger partial charge in [-0.05, 0) is 76.5 Å². The molecule has 2 aliphatic rings. The molecule has 3 rings (SSSR count). The second kappa shape index (κ2) is 12.6.